The monoisotopic (exact) mass is 210 g/mol. The number of hydrogen-bond donors (Lipinski definition) is 0. The number of Topliss-reactive ketones (excluding diaryl/α,β-unsaturated/α-hetero) is 1. The molecule has 78 valence electrons. The van der Waals surface area contributed by atoms with Gasteiger partial charge in [-0.05, 0) is 13.0 Å². The minimum atomic E-state index is -0.816. The number of non-ortho nitro benzene ring substituents is 1. The molecule has 0 radical (unpaired) electrons. The summed E-state index contributed by atoms with van der Waals surface area (Å²) in [6.45, 7) is 1.16. The third kappa shape index (κ3) is 2.13. The van der Waals surface area contributed by atoms with Crippen LogP contribution in [0.2, 0.25) is 0 Å². The van der Waals surface area contributed by atoms with Crippen LogP contribution in [0.25, 0.3) is 0 Å². The Labute approximate surface area is 83.6 Å². The summed E-state index contributed by atoms with van der Waals surface area (Å²) in [4.78, 5) is 30.3. The van der Waals surface area contributed by atoms with E-state index in [2.05, 4.69) is 0 Å². The van der Waals surface area contributed by atoms with Gasteiger partial charge < -0.3 is 0 Å². The van der Waals surface area contributed by atoms with E-state index < -0.39 is 27.0 Å². The Morgan fingerprint density at radius 1 is 1.20 bits per heavy atom. The highest BCUT2D eigenvalue weighted by Crippen LogP contribution is 2.24. The number of hydrogen-bond acceptors (Lipinski definition) is 5. The summed E-state index contributed by atoms with van der Waals surface area (Å²) in [5.41, 5.74) is -1.09. The lowest BCUT2D eigenvalue weighted by molar-refractivity contribution is -0.394. The number of nitro benzene ring substituents is 2. The van der Waals surface area contributed by atoms with E-state index in [0.29, 0.717) is 0 Å². The molecule has 0 aliphatic heterocycles. The maximum atomic E-state index is 11.0. The lowest BCUT2D eigenvalue weighted by atomic mass is 10.1. The molecule has 0 atom stereocenters. The first-order valence-corrected chi connectivity index (χ1v) is 3.87. The SMILES string of the molecule is CC(=O)c1ccc([N+](=O)[O-])cc1[N+](=O)[O-]. The average molecular weight is 210 g/mol. The van der Waals surface area contributed by atoms with Crippen molar-refractivity contribution in [1.29, 1.82) is 0 Å². The van der Waals surface area contributed by atoms with Gasteiger partial charge in [0.1, 0.15) is 0 Å². The Balaban J connectivity index is 3.40. The summed E-state index contributed by atoms with van der Waals surface area (Å²) in [6, 6.07) is 2.92. The van der Waals surface area contributed by atoms with E-state index in [4.69, 9.17) is 0 Å². The molecule has 0 spiro atoms. The van der Waals surface area contributed by atoms with Crippen molar-refractivity contribution in [3.05, 3.63) is 44.0 Å². The highest BCUT2D eigenvalue weighted by molar-refractivity contribution is 5.98. The van der Waals surface area contributed by atoms with Crippen molar-refractivity contribution in [3.8, 4) is 0 Å². The van der Waals surface area contributed by atoms with Crippen molar-refractivity contribution >= 4 is 17.2 Å². The van der Waals surface area contributed by atoms with Crippen molar-refractivity contribution in [1.82, 2.24) is 0 Å². The highest BCUT2D eigenvalue weighted by Gasteiger charge is 2.21. The van der Waals surface area contributed by atoms with Gasteiger partial charge in [0.05, 0.1) is 21.5 Å². The Bertz CT molecular complexity index is 454. The number of nitrogens with zero attached hydrogens (tertiary/aromatic N) is 2. The van der Waals surface area contributed by atoms with Gasteiger partial charge in [0, 0.05) is 6.07 Å². The number of ketones is 1. The molecule has 0 aliphatic rings. The van der Waals surface area contributed by atoms with Gasteiger partial charge in [-0.15, -0.1) is 0 Å². The van der Waals surface area contributed by atoms with Crippen LogP contribution in [0, 0.1) is 20.2 Å². The number of nitro groups is 2. The molecule has 0 heterocycles. The molecule has 0 saturated carbocycles. The van der Waals surface area contributed by atoms with E-state index in [1.54, 1.807) is 0 Å². The van der Waals surface area contributed by atoms with Crippen molar-refractivity contribution in [2.75, 3.05) is 0 Å². The Kier molecular flexibility index (Phi) is 2.75. The standard InChI is InChI=1S/C8H6N2O5/c1-5(11)7-3-2-6(9(12)13)4-8(7)10(14)15/h2-4H,1H3. The normalized spacial score (nSPS) is 9.67. The fourth-order valence-corrected chi connectivity index (χ4v) is 1.08. The van der Waals surface area contributed by atoms with Crippen molar-refractivity contribution in [2.45, 2.75) is 6.92 Å². The third-order valence-electron chi connectivity index (χ3n) is 1.77. The fraction of sp³-hybridized carbons (Fsp3) is 0.125. The number of carbonyl (C=O) groups excluding carboxylic acids is 1. The zero-order valence-electron chi connectivity index (χ0n) is 7.67. The molecular weight excluding hydrogens is 204 g/mol. The Hall–Kier alpha value is -2.31. The Morgan fingerprint density at radius 2 is 1.80 bits per heavy atom. The van der Waals surface area contributed by atoms with Gasteiger partial charge in [-0.2, -0.15) is 0 Å². The second kappa shape index (κ2) is 3.82. The van der Waals surface area contributed by atoms with E-state index >= 15 is 0 Å². The predicted molar refractivity (Wildman–Crippen MR) is 49.8 cm³/mol. The first kappa shape index (κ1) is 10.8. The number of carbonyl (C=O) groups is 1. The second-order valence-electron chi connectivity index (χ2n) is 2.77. The molecule has 15 heavy (non-hydrogen) atoms. The zero-order chi connectivity index (χ0) is 11.6. The van der Waals surface area contributed by atoms with Crippen LogP contribution in [0.15, 0.2) is 18.2 Å². The molecule has 0 bridgehead atoms. The van der Waals surface area contributed by atoms with Crippen molar-refractivity contribution in [2.24, 2.45) is 0 Å². The molecule has 0 N–H and O–H groups in total. The van der Waals surface area contributed by atoms with Crippen LogP contribution in [0.3, 0.4) is 0 Å². The fourth-order valence-electron chi connectivity index (χ4n) is 1.08. The van der Waals surface area contributed by atoms with Crippen LogP contribution in [0.5, 0.6) is 0 Å². The molecule has 0 aliphatic carbocycles. The summed E-state index contributed by atoms with van der Waals surface area (Å²) >= 11 is 0. The van der Waals surface area contributed by atoms with Crippen molar-refractivity contribution in [3.63, 3.8) is 0 Å². The van der Waals surface area contributed by atoms with Gasteiger partial charge >= 0.3 is 0 Å². The topological polar surface area (TPSA) is 103 Å². The van der Waals surface area contributed by atoms with E-state index in [1.807, 2.05) is 0 Å². The molecule has 0 saturated heterocycles. The molecule has 0 fully saturated rings. The zero-order valence-corrected chi connectivity index (χ0v) is 7.67. The number of rotatable bonds is 3. The molecule has 0 aromatic heterocycles. The van der Waals surface area contributed by atoms with E-state index in [0.717, 1.165) is 25.1 Å². The number of benzene rings is 1. The average Bonchev–Trinajstić information content (AvgIpc) is 2.16. The second-order valence-corrected chi connectivity index (χ2v) is 2.77. The quantitative estimate of drug-likeness (QED) is 0.429. The molecule has 1 aromatic rings. The smallest absolute Gasteiger partial charge is 0.287 e. The third-order valence-corrected chi connectivity index (χ3v) is 1.77. The summed E-state index contributed by atoms with van der Waals surface area (Å²) < 4.78 is 0. The lowest BCUT2D eigenvalue weighted by Gasteiger charge is -1.98. The van der Waals surface area contributed by atoms with Gasteiger partial charge in [-0.3, -0.25) is 25.0 Å². The lowest BCUT2D eigenvalue weighted by Crippen LogP contribution is -2.01. The molecular formula is C8H6N2O5. The van der Waals surface area contributed by atoms with Gasteiger partial charge in [-0.25, -0.2) is 0 Å². The van der Waals surface area contributed by atoms with Crippen molar-refractivity contribution < 1.29 is 14.6 Å². The minimum Gasteiger partial charge on any atom is -0.294 e. The van der Waals surface area contributed by atoms with Gasteiger partial charge in [0.15, 0.2) is 5.78 Å². The van der Waals surface area contributed by atoms with E-state index in [9.17, 15) is 25.0 Å². The van der Waals surface area contributed by atoms with Gasteiger partial charge in [0.25, 0.3) is 11.4 Å². The van der Waals surface area contributed by atoms with E-state index in [-0.39, 0.29) is 5.56 Å². The predicted octanol–water partition coefficient (Wildman–Crippen LogP) is 1.71. The first-order valence-electron chi connectivity index (χ1n) is 3.87. The van der Waals surface area contributed by atoms with Gasteiger partial charge in [0.2, 0.25) is 0 Å². The molecule has 1 aromatic carbocycles. The van der Waals surface area contributed by atoms with Gasteiger partial charge in [-0.1, -0.05) is 0 Å². The van der Waals surface area contributed by atoms with Crippen LogP contribution in [0.4, 0.5) is 11.4 Å². The van der Waals surface area contributed by atoms with Crippen LogP contribution in [0.1, 0.15) is 17.3 Å². The molecule has 1 rings (SSSR count). The van der Waals surface area contributed by atoms with Crippen LogP contribution >= 0.6 is 0 Å². The maximum Gasteiger partial charge on any atom is 0.287 e. The molecule has 0 unspecified atom stereocenters. The van der Waals surface area contributed by atoms with Crippen LogP contribution in [-0.4, -0.2) is 15.6 Å². The van der Waals surface area contributed by atoms with Crippen LogP contribution < -0.4 is 0 Å². The molecule has 7 nitrogen and oxygen atoms in total. The highest BCUT2D eigenvalue weighted by atomic mass is 16.6. The summed E-state index contributed by atoms with van der Waals surface area (Å²) in [7, 11) is 0. The summed E-state index contributed by atoms with van der Waals surface area (Å²) in [5, 5.41) is 20.9. The molecule has 7 heteroatoms. The largest absolute Gasteiger partial charge is 0.294 e. The van der Waals surface area contributed by atoms with Crippen LogP contribution in [-0.2, 0) is 0 Å². The maximum absolute atomic E-state index is 11.0. The molecule has 0 amide bonds. The summed E-state index contributed by atoms with van der Waals surface area (Å²) in [5.74, 6) is -0.503. The van der Waals surface area contributed by atoms with E-state index in [1.165, 1.54) is 0 Å². The first-order chi connectivity index (χ1) is 6.93. The summed E-state index contributed by atoms with van der Waals surface area (Å²) in [6.07, 6.45) is 0. The minimum absolute atomic E-state index is 0.134. The Morgan fingerprint density at radius 3 is 2.20 bits per heavy atom.